The van der Waals surface area contributed by atoms with Gasteiger partial charge in [-0.3, -0.25) is 0 Å². The number of benzene rings is 2. The summed E-state index contributed by atoms with van der Waals surface area (Å²) in [6, 6.07) is 17.8. The van der Waals surface area contributed by atoms with Crippen molar-refractivity contribution in [2.45, 2.75) is 0 Å². The molecule has 0 spiro atoms. The largest absolute Gasteiger partial charge is 0.436 e. The minimum atomic E-state index is 0.640. The normalized spacial score (nSPS) is 10.5. The number of nitrogens with zero attached hydrogens (tertiary/aromatic N) is 1. The Morgan fingerprint density at radius 3 is 2.39 bits per heavy atom. The van der Waals surface area contributed by atoms with Crippen LogP contribution < -0.4 is 0 Å². The lowest BCUT2D eigenvalue weighted by molar-refractivity contribution is 0.588. The fourth-order valence-electron chi connectivity index (χ4n) is 1.77. The van der Waals surface area contributed by atoms with Crippen molar-refractivity contribution in [2.24, 2.45) is 0 Å². The highest BCUT2D eigenvalue weighted by molar-refractivity contribution is 9.10. The summed E-state index contributed by atoms with van der Waals surface area (Å²) in [4.78, 5) is 4.32. The van der Waals surface area contributed by atoms with Crippen molar-refractivity contribution in [3.05, 3.63) is 65.3 Å². The molecule has 2 nitrogen and oxygen atoms in total. The molecule has 3 aromatic rings. The highest BCUT2D eigenvalue weighted by atomic mass is 79.9. The van der Waals surface area contributed by atoms with Crippen LogP contribution in [-0.2, 0) is 0 Å². The van der Waals surface area contributed by atoms with Crippen molar-refractivity contribution in [1.82, 2.24) is 4.98 Å². The van der Waals surface area contributed by atoms with E-state index in [2.05, 4.69) is 20.9 Å². The van der Waals surface area contributed by atoms with Gasteiger partial charge in [-0.05, 0) is 18.2 Å². The predicted molar refractivity (Wildman–Crippen MR) is 75.1 cm³/mol. The SMILES string of the molecule is Brc1ccccc1-c1cnc(-c2ccccc2)o1. The second-order valence-corrected chi connectivity index (χ2v) is 4.73. The van der Waals surface area contributed by atoms with Gasteiger partial charge in [0.1, 0.15) is 0 Å². The van der Waals surface area contributed by atoms with Crippen molar-refractivity contribution in [1.29, 1.82) is 0 Å². The van der Waals surface area contributed by atoms with Gasteiger partial charge in [0.05, 0.1) is 6.20 Å². The molecule has 2 aromatic carbocycles. The Morgan fingerprint density at radius 2 is 1.61 bits per heavy atom. The summed E-state index contributed by atoms with van der Waals surface area (Å²) in [5.74, 6) is 1.41. The number of halogens is 1. The van der Waals surface area contributed by atoms with E-state index in [0.29, 0.717) is 5.89 Å². The number of hydrogen-bond acceptors (Lipinski definition) is 2. The van der Waals surface area contributed by atoms with Gasteiger partial charge in [-0.25, -0.2) is 4.98 Å². The number of oxazole rings is 1. The lowest BCUT2D eigenvalue weighted by Crippen LogP contribution is -1.75. The van der Waals surface area contributed by atoms with Gasteiger partial charge in [0.2, 0.25) is 5.89 Å². The topological polar surface area (TPSA) is 26.0 Å². The fraction of sp³-hybridized carbons (Fsp3) is 0. The molecule has 0 unspecified atom stereocenters. The first-order valence-electron chi connectivity index (χ1n) is 5.61. The third-order valence-electron chi connectivity index (χ3n) is 2.67. The van der Waals surface area contributed by atoms with Gasteiger partial charge < -0.3 is 4.42 Å². The zero-order valence-corrected chi connectivity index (χ0v) is 11.1. The first-order chi connectivity index (χ1) is 8.84. The molecule has 3 heteroatoms. The Kier molecular flexibility index (Phi) is 2.99. The van der Waals surface area contributed by atoms with Crippen molar-refractivity contribution < 1.29 is 4.42 Å². The summed E-state index contributed by atoms with van der Waals surface area (Å²) in [7, 11) is 0. The molecule has 88 valence electrons. The van der Waals surface area contributed by atoms with Crippen LogP contribution in [-0.4, -0.2) is 4.98 Å². The third kappa shape index (κ3) is 2.09. The first-order valence-corrected chi connectivity index (χ1v) is 6.40. The Morgan fingerprint density at radius 1 is 0.889 bits per heavy atom. The fourth-order valence-corrected chi connectivity index (χ4v) is 2.25. The van der Waals surface area contributed by atoms with E-state index in [1.54, 1.807) is 6.20 Å². The monoisotopic (exact) mass is 299 g/mol. The van der Waals surface area contributed by atoms with E-state index in [0.717, 1.165) is 21.4 Å². The quantitative estimate of drug-likeness (QED) is 0.681. The highest BCUT2D eigenvalue weighted by Gasteiger charge is 2.09. The molecule has 0 aliphatic rings. The number of hydrogen-bond donors (Lipinski definition) is 0. The zero-order chi connectivity index (χ0) is 12.4. The van der Waals surface area contributed by atoms with Crippen LogP contribution in [0.1, 0.15) is 0 Å². The van der Waals surface area contributed by atoms with Crippen LogP contribution in [0.15, 0.2) is 69.7 Å². The molecule has 0 bridgehead atoms. The Balaban J connectivity index is 2.03. The Hall–Kier alpha value is -1.87. The Labute approximate surface area is 113 Å². The molecule has 18 heavy (non-hydrogen) atoms. The van der Waals surface area contributed by atoms with E-state index in [9.17, 15) is 0 Å². The Bertz CT molecular complexity index is 661. The van der Waals surface area contributed by atoms with Crippen LogP contribution in [0, 0.1) is 0 Å². The molecule has 1 heterocycles. The second-order valence-electron chi connectivity index (χ2n) is 3.88. The van der Waals surface area contributed by atoms with Crippen molar-refractivity contribution >= 4 is 15.9 Å². The van der Waals surface area contributed by atoms with Gasteiger partial charge in [0.15, 0.2) is 5.76 Å². The number of aromatic nitrogens is 1. The summed E-state index contributed by atoms with van der Waals surface area (Å²) in [6.45, 7) is 0. The van der Waals surface area contributed by atoms with Gasteiger partial charge >= 0.3 is 0 Å². The molecule has 0 N–H and O–H groups in total. The van der Waals surface area contributed by atoms with Crippen LogP contribution in [0.3, 0.4) is 0 Å². The van der Waals surface area contributed by atoms with E-state index in [1.807, 2.05) is 54.6 Å². The van der Waals surface area contributed by atoms with Crippen LogP contribution in [0.2, 0.25) is 0 Å². The van der Waals surface area contributed by atoms with Gasteiger partial charge in [0, 0.05) is 15.6 Å². The summed E-state index contributed by atoms with van der Waals surface area (Å²) in [5, 5.41) is 0. The molecule has 0 aliphatic carbocycles. The molecule has 0 aliphatic heterocycles. The molecule has 0 atom stereocenters. The number of rotatable bonds is 2. The van der Waals surface area contributed by atoms with Crippen LogP contribution in [0.25, 0.3) is 22.8 Å². The van der Waals surface area contributed by atoms with Crippen molar-refractivity contribution in [3.8, 4) is 22.8 Å². The molecule has 3 rings (SSSR count). The standard InChI is InChI=1S/C15H10BrNO/c16-13-9-5-4-8-12(13)14-10-17-15(18-14)11-6-2-1-3-7-11/h1-10H. The van der Waals surface area contributed by atoms with E-state index < -0.39 is 0 Å². The van der Waals surface area contributed by atoms with Crippen molar-refractivity contribution in [2.75, 3.05) is 0 Å². The third-order valence-corrected chi connectivity index (χ3v) is 3.36. The lowest BCUT2D eigenvalue weighted by atomic mass is 10.2. The smallest absolute Gasteiger partial charge is 0.226 e. The highest BCUT2D eigenvalue weighted by Crippen LogP contribution is 2.30. The van der Waals surface area contributed by atoms with Crippen LogP contribution >= 0.6 is 15.9 Å². The maximum Gasteiger partial charge on any atom is 0.226 e. The van der Waals surface area contributed by atoms with Gasteiger partial charge in [0.25, 0.3) is 0 Å². The molecule has 0 fully saturated rings. The van der Waals surface area contributed by atoms with E-state index in [1.165, 1.54) is 0 Å². The minimum Gasteiger partial charge on any atom is -0.436 e. The summed E-state index contributed by atoms with van der Waals surface area (Å²) >= 11 is 3.51. The average Bonchev–Trinajstić information content (AvgIpc) is 2.90. The molecule has 0 saturated carbocycles. The molecule has 0 amide bonds. The van der Waals surface area contributed by atoms with Gasteiger partial charge in [-0.15, -0.1) is 0 Å². The minimum absolute atomic E-state index is 0.640. The van der Waals surface area contributed by atoms with E-state index in [4.69, 9.17) is 4.42 Å². The summed E-state index contributed by atoms with van der Waals surface area (Å²) in [6.07, 6.45) is 1.75. The maximum atomic E-state index is 5.80. The van der Waals surface area contributed by atoms with E-state index >= 15 is 0 Å². The zero-order valence-electron chi connectivity index (χ0n) is 9.51. The second kappa shape index (κ2) is 4.78. The van der Waals surface area contributed by atoms with Crippen LogP contribution in [0.4, 0.5) is 0 Å². The average molecular weight is 300 g/mol. The molecule has 1 aromatic heterocycles. The molecular formula is C15H10BrNO. The van der Waals surface area contributed by atoms with Gasteiger partial charge in [-0.2, -0.15) is 0 Å². The lowest BCUT2D eigenvalue weighted by Gasteiger charge is -1.99. The van der Waals surface area contributed by atoms with Gasteiger partial charge in [-0.1, -0.05) is 52.3 Å². The maximum absolute atomic E-state index is 5.80. The molecule has 0 radical (unpaired) electrons. The first kappa shape index (κ1) is 11.2. The van der Waals surface area contributed by atoms with Crippen LogP contribution in [0.5, 0.6) is 0 Å². The van der Waals surface area contributed by atoms with Crippen molar-refractivity contribution in [3.63, 3.8) is 0 Å². The van der Waals surface area contributed by atoms with E-state index in [-0.39, 0.29) is 0 Å². The summed E-state index contributed by atoms with van der Waals surface area (Å²) in [5.41, 5.74) is 1.99. The summed E-state index contributed by atoms with van der Waals surface area (Å²) < 4.78 is 6.80. The molecule has 0 saturated heterocycles. The predicted octanol–water partition coefficient (Wildman–Crippen LogP) is 4.77. The molecular weight excluding hydrogens is 290 g/mol.